The molecular weight excluding hydrogens is 300 g/mol. The molecule has 2 aromatic rings. The highest BCUT2D eigenvalue weighted by atomic mass is 16.5. The highest BCUT2D eigenvalue weighted by molar-refractivity contribution is 5.74. The Morgan fingerprint density at radius 3 is 2.74 bits per heavy atom. The number of carboxylic acid groups (broad SMARTS) is 1. The van der Waals surface area contributed by atoms with Gasteiger partial charge in [0.1, 0.15) is 11.2 Å². The van der Waals surface area contributed by atoms with Gasteiger partial charge in [0.25, 0.3) is 5.56 Å². The normalized spacial score (nSPS) is 25.4. The van der Waals surface area contributed by atoms with E-state index in [4.69, 9.17) is 4.74 Å². The van der Waals surface area contributed by atoms with E-state index in [9.17, 15) is 14.7 Å². The molecule has 23 heavy (non-hydrogen) atoms. The molecule has 1 aliphatic heterocycles. The zero-order valence-corrected chi connectivity index (χ0v) is 12.6. The summed E-state index contributed by atoms with van der Waals surface area (Å²) in [4.78, 5) is 30.8. The number of carboxylic acids is 1. The summed E-state index contributed by atoms with van der Waals surface area (Å²) in [5, 5.41) is 14.0. The van der Waals surface area contributed by atoms with Crippen LogP contribution in [0, 0.1) is 5.92 Å². The number of nitrogens with zero attached hydrogens (tertiary/aromatic N) is 3. The molecule has 0 spiro atoms. The van der Waals surface area contributed by atoms with Gasteiger partial charge in [-0.2, -0.15) is 5.10 Å². The van der Waals surface area contributed by atoms with E-state index < -0.39 is 11.9 Å². The van der Waals surface area contributed by atoms with Crippen LogP contribution in [0.4, 0.5) is 0 Å². The Labute approximate surface area is 131 Å². The maximum Gasteiger partial charge on any atom is 0.307 e. The summed E-state index contributed by atoms with van der Waals surface area (Å²) in [5.74, 6) is -1.05. The standard InChI is InChI=1S/C15H18N4O4/c20-14-11-7-16-19(8-3-5-23-6-4-8)13(11)17-12(18-14)9-1-2-10(9)15(21)22/h7-10H,1-6H2,(H,21,22)(H,17,18,20)/t9-,10?/m1/s1. The third kappa shape index (κ3) is 2.33. The first-order valence-electron chi connectivity index (χ1n) is 7.93. The lowest BCUT2D eigenvalue weighted by atomic mass is 9.73. The van der Waals surface area contributed by atoms with Gasteiger partial charge in [-0.25, -0.2) is 9.67 Å². The van der Waals surface area contributed by atoms with Gasteiger partial charge in [-0.1, -0.05) is 0 Å². The lowest BCUT2D eigenvalue weighted by Crippen LogP contribution is -2.33. The molecule has 1 unspecified atom stereocenters. The second-order valence-corrected chi connectivity index (χ2v) is 6.25. The quantitative estimate of drug-likeness (QED) is 0.875. The Hall–Kier alpha value is -2.22. The molecule has 2 aliphatic rings. The number of hydrogen-bond acceptors (Lipinski definition) is 5. The van der Waals surface area contributed by atoms with E-state index in [0.29, 0.717) is 36.5 Å². The molecule has 4 rings (SSSR count). The first-order valence-corrected chi connectivity index (χ1v) is 7.93. The summed E-state index contributed by atoms with van der Waals surface area (Å²) >= 11 is 0. The van der Waals surface area contributed by atoms with Crippen molar-refractivity contribution < 1.29 is 14.6 Å². The molecule has 1 aliphatic carbocycles. The molecule has 2 N–H and O–H groups in total. The SMILES string of the molecule is O=C(O)C1CC[C@H]1c1nc2c(cnn2C2CCOCC2)c(=O)[nH]1. The van der Waals surface area contributed by atoms with Crippen LogP contribution >= 0.6 is 0 Å². The zero-order chi connectivity index (χ0) is 16.0. The Balaban J connectivity index is 1.76. The molecule has 8 heteroatoms. The maximum absolute atomic E-state index is 12.3. The molecule has 0 bridgehead atoms. The van der Waals surface area contributed by atoms with Crippen molar-refractivity contribution in [2.45, 2.75) is 37.6 Å². The number of H-pyrrole nitrogens is 1. The Morgan fingerprint density at radius 2 is 2.09 bits per heavy atom. The van der Waals surface area contributed by atoms with Crippen molar-refractivity contribution in [3.05, 3.63) is 22.4 Å². The largest absolute Gasteiger partial charge is 0.481 e. The number of aromatic nitrogens is 4. The molecule has 2 atom stereocenters. The van der Waals surface area contributed by atoms with Crippen molar-refractivity contribution in [3.63, 3.8) is 0 Å². The molecule has 0 aromatic carbocycles. The Bertz CT molecular complexity index is 805. The third-order valence-corrected chi connectivity index (χ3v) is 4.96. The van der Waals surface area contributed by atoms with Crippen LogP contribution in [0.5, 0.6) is 0 Å². The number of rotatable bonds is 3. The number of aliphatic carboxylic acids is 1. The van der Waals surface area contributed by atoms with Crippen molar-refractivity contribution in [2.24, 2.45) is 5.92 Å². The van der Waals surface area contributed by atoms with Crippen molar-refractivity contribution in [3.8, 4) is 0 Å². The van der Waals surface area contributed by atoms with Gasteiger partial charge in [0, 0.05) is 19.1 Å². The van der Waals surface area contributed by atoms with Crippen LogP contribution in [-0.4, -0.2) is 44.0 Å². The fraction of sp³-hybridized carbons (Fsp3) is 0.600. The molecular formula is C15H18N4O4. The summed E-state index contributed by atoms with van der Waals surface area (Å²) in [6.45, 7) is 1.34. The minimum atomic E-state index is -0.832. The van der Waals surface area contributed by atoms with Crippen LogP contribution in [-0.2, 0) is 9.53 Å². The second-order valence-electron chi connectivity index (χ2n) is 6.25. The molecule has 0 amide bonds. The fourth-order valence-corrected chi connectivity index (χ4v) is 3.45. The summed E-state index contributed by atoms with van der Waals surface area (Å²) in [6, 6.07) is 0.167. The topological polar surface area (TPSA) is 110 Å². The van der Waals surface area contributed by atoms with Crippen LogP contribution in [0.2, 0.25) is 0 Å². The van der Waals surface area contributed by atoms with Crippen LogP contribution in [0.15, 0.2) is 11.0 Å². The van der Waals surface area contributed by atoms with Gasteiger partial charge < -0.3 is 14.8 Å². The minimum absolute atomic E-state index is 0.167. The van der Waals surface area contributed by atoms with Crippen molar-refractivity contribution in [2.75, 3.05) is 13.2 Å². The van der Waals surface area contributed by atoms with Gasteiger partial charge >= 0.3 is 5.97 Å². The van der Waals surface area contributed by atoms with E-state index in [-0.39, 0.29) is 17.5 Å². The van der Waals surface area contributed by atoms with Crippen LogP contribution in [0.1, 0.15) is 43.5 Å². The van der Waals surface area contributed by atoms with E-state index in [1.165, 1.54) is 6.20 Å². The number of ether oxygens (including phenoxy) is 1. The van der Waals surface area contributed by atoms with E-state index in [0.717, 1.165) is 19.3 Å². The van der Waals surface area contributed by atoms with Crippen LogP contribution in [0.3, 0.4) is 0 Å². The average molecular weight is 318 g/mol. The number of carbonyl (C=O) groups is 1. The van der Waals surface area contributed by atoms with Crippen LogP contribution < -0.4 is 5.56 Å². The first kappa shape index (κ1) is 14.4. The predicted molar refractivity (Wildman–Crippen MR) is 80.3 cm³/mol. The molecule has 8 nitrogen and oxygen atoms in total. The molecule has 1 saturated heterocycles. The number of fused-ring (bicyclic) bond motifs is 1. The monoisotopic (exact) mass is 318 g/mol. The van der Waals surface area contributed by atoms with E-state index in [2.05, 4.69) is 15.1 Å². The average Bonchev–Trinajstić information content (AvgIpc) is 2.91. The first-order chi connectivity index (χ1) is 11.1. The van der Waals surface area contributed by atoms with Gasteiger partial charge in [0.2, 0.25) is 0 Å². The van der Waals surface area contributed by atoms with E-state index in [1.807, 2.05) is 0 Å². The van der Waals surface area contributed by atoms with E-state index >= 15 is 0 Å². The maximum atomic E-state index is 12.3. The van der Waals surface area contributed by atoms with Gasteiger partial charge in [0.05, 0.1) is 18.2 Å². The number of hydrogen-bond donors (Lipinski definition) is 2. The van der Waals surface area contributed by atoms with Crippen molar-refractivity contribution in [1.29, 1.82) is 0 Å². The second kappa shape index (κ2) is 5.45. The number of aromatic amines is 1. The Morgan fingerprint density at radius 1 is 1.30 bits per heavy atom. The summed E-state index contributed by atoms with van der Waals surface area (Å²) < 4.78 is 7.16. The highest BCUT2D eigenvalue weighted by Crippen LogP contribution is 2.41. The fourth-order valence-electron chi connectivity index (χ4n) is 3.45. The molecule has 2 aromatic heterocycles. The van der Waals surface area contributed by atoms with Crippen molar-refractivity contribution >= 4 is 17.0 Å². The third-order valence-electron chi connectivity index (χ3n) is 4.96. The summed E-state index contributed by atoms with van der Waals surface area (Å²) in [7, 11) is 0. The number of nitrogens with one attached hydrogen (secondary N) is 1. The lowest BCUT2D eigenvalue weighted by molar-refractivity contribution is -0.145. The van der Waals surface area contributed by atoms with Gasteiger partial charge in [-0.3, -0.25) is 9.59 Å². The lowest BCUT2D eigenvalue weighted by Gasteiger charge is -2.32. The van der Waals surface area contributed by atoms with E-state index in [1.54, 1.807) is 4.68 Å². The predicted octanol–water partition coefficient (Wildman–Crippen LogP) is 1.05. The van der Waals surface area contributed by atoms with Crippen molar-refractivity contribution in [1.82, 2.24) is 19.7 Å². The van der Waals surface area contributed by atoms with Gasteiger partial charge in [-0.05, 0) is 25.7 Å². The molecule has 2 fully saturated rings. The van der Waals surface area contributed by atoms with Crippen LogP contribution in [0.25, 0.3) is 11.0 Å². The smallest absolute Gasteiger partial charge is 0.307 e. The molecule has 0 radical (unpaired) electrons. The highest BCUT2D eigenvalue weighted by Gasteiger charge is 2.39. The summed E-state index contributed by atoms with van der Waals surface area (Å²) in [5.41, 5.74) is 0.297. The van der Waals surface area contributed by atoms with Gasteiger partial charge in [-0.15, -0.1) is 0 Å². The molecule has 1 saturated carbocycles. The summed E-state index contributed by atoms with van der Waals surface area (Å²) in [6.07, 6.45) is 4.57. The minimum Gasteiger partial charge on any atom is -0.481 e. The molecule has 3 heterocycles. The Kier molecular flexibility index (Phi) is 3.41. The van der Waals surface area contributed by atoms with Gasteiger partial charge in [0.15, 0.2) is 5.65 Å². The molecule has 122 valence electrons. The zero-order valence-electron chi connectivity index (χ0n) is 12.6.